The Labute approximate surface area is 206 Å². The molecule has 8 nitrogen and oxygen atoms in total. The maximum absolute atomic E-state index is 13.6. The Hall–Kier alpha value is -3.49. The Morgan fingerprint density at radius 1 is 1.11 bits per heavy atom. The summed E-state index contributed by atoms with van der Waals surface area (Å²) in [6.45, 7) is 1.54. The van der Waals surface area contributed by atoms with Crippen LogP contribution in [0.1, 0.15) is 28.4 Å². The number of hydrogen-bond acceptors (Lipinski definition) is 6. The van der Waals surface area contributed by atoms with Gasteiger partial charge in [0.25, 0.3) is 5.91 Å². The third-order valence-corrected chi connectivity index (χ3v) is 5.63. The van der Waals surface area contributed by atoms with Crippen molar-refractivity contribution in [2.24, 2.45) is 0 Å². The lowest BCUT2D eigenvalue weighted by atomic mass is 10.0. The quantitative estimate of drug-likeness (QED) is 0.150. The molecule has 1 saturated heterocycles. The molecule has 0 radical (unpaired) electrons. The predicted molar refractivity (Wildman–Crippen MR) is 117 cm³/mol. The molecule has 200 valence electrons. The highest BCUT2D eigenvalue weighted by Gasteiger charge is 2.39. The Morgan fingerprint density at radius 2 is 1.70 bits per heavy atom. The minimum Gasteiger partial charge on any atom is -0.377 e. The van der Waals surface area contributed by atoms with Crippen LogP contribution in [0.5, 0.6) is 0 Å². The van der Waals surface area contributed by atoms with Crippen LogP contribution in [-0.2, 0) is 15.3 Å². The second-order valence-electron chi connectivity index (χ2n) is 8.34. The number of alkyl halides is 3. The molecule has 0 saturated carbocycles. The summed E-state index contributed by atoms with van der Waals surface area (Å²) in [6.07, 6.45) is -5.16. The van der Waals surface area contributed by atoms with Gasteiger partial charge in [-0.3, -0.25) is 20.3 Å². The van der Waals surface area contributed by atoms with Crippen LogP contribution in [0.4, 0.5) is 26.3 Å². The monoisotopic (exact) mass is 532 g/mol. The van der Waals surface area contributed by atoms with Crippen LogP contribution in [0.25, 0.3) is 0 Å². The molecule has 3 rings (SSSR count). The highest BCUT2D eigenvalue weighted by molar-refractivity contribution is 6.07. The minimum atomic E-state index is -5.16. The number of amides is 2. The lowest BCUT2D eigenvalue weighted by molar-refractivity contribution is -0.171. The van der Waals surface area contributed by atoms with Crippen LogP contribution in [0, 0.1) is 22.9 Å². The number of amidine groups is 1. The number of aliphatic hydroxyl groups is 1. The van der Waals surface area contributed by atoms with Gasteiger partial charge in [0, 0.05) is 24.2 Å². The number of halogens is 6. The normalized spacial score (nSPS) is 17.7. The van der Waals surface area contributed by atoms with Gasteiger partial charge in [0.05, 0.1) is 19.3 Å². The third-order valence-electron chi connectivity index (χ3n) is 5.63. The molecule has 1 heterocycles. The molecule has 2 aromatic rings. The maximum Gasteiger partial charge on any atom is 0.471 e. The van der Waals surface area contributed by atoms with Crippen molar-refractivity contribution in [3.63, 3.8) is 0 Å². The number of rotatable bonds is 6. The number of carbonyl (C=O) groups excluding carboxylic acids is 2. The first-order chi connectivity index (χ1) is 17.2. The zero-order valence-corrected chi connectivity index (χ0v) is 19.3. The summed E-state index contributed by atoms with van der Waals surface area (Å²) in [5.41, 5.74) is -1.93. The molecular weight excluding hydrogens is 510 g/mol. The van der Waals surface area contributed by atoms with Gasteiger partial charge in [0.1, 0.15) is 11.6 Å². The van der Waals surface area contributed by atoms with Gasteiger partial charge in [-0.2, -0.15) is 13.2 Å². The Morgan fingerprint density at radius 3 is 2.27 bits per heavy atom. The molecule has 2 aromatic carbocycles. The third kappa shape index (κ3) is 6.64. The average Bonchev–Trinajstić information content (AvgIpc) is 2.85. The van der Waals surface area contributed by atoms with E-state index in [0.717, 1.165) is 0 Å². The average molecular weight is 532 g/mol. The number of benzene rings is 2. The lowest BCUT2D eigenvalue weighted by Crippen LogP contribution is -2.55. The first-order valence-corrected chi connectivity index (χ1v) is 10.8. The van der Waals surface area contributed by atoms with E-state index >= 15 is 0 Å². The summed E-state index contributed by atoms with van der Waals surface area (Å²) in [7, 11) is 0. The molecule has 0 spiro atoms. The zero-order valence-electron chi connectivity index (χ0n) is 19.3. The Bertz CT molecular complexity index is 1160. The van der Waals surface area contributed by atoms with Gasteiger partial charge >= 0.3 is 12.1 Å². The van der Waals surface area contributed by atoms with Crippen LogP contribution >= 0.6 is 0 Å². The fraction of sp³-hybridized carbons (Fsp3) is 0.348. The highest BCUT2D eigenvalue weighted by atomic mass is 19.4. The number of nitrogens with one attached hydrogen (secondary N) is 3. The van der Waals surface area contributed by atoms with Crippen molar-refractivity contribution in [1.82, 2.24) is 15.5 Å². The van der Waals surface area contributed by atoms with Crippen molar-refractivity contribution in [2.45, 2.75) is 24.9 Å². The predicted octanol–water partition coefficient (Wildman–Crippen LogP) is 2.40. The first kappa shape index (κ1) is 28.1. The van der Waals surface area contributed by atoms with Gasteiger partial charge in [0.15, 0.2) is 17.5 Å². The molecule has 2 unspecified atom stereocenters. The van der Waals surface area contributed by atoms with E-state index in [0.29, 0.717) is 12.1 Å². The number of morpholine rings is 1. The molecule has 1 fully saturated rings. The molecule has 2 amide bonds. The second kappa shape index (κ2) is 10.9. The van der Waals surface area contributed by atoms with Crippen LogP contribution < -0.4 is 10.6 Å². The zero-order chi connectivity index (χ0) is 27.5. The highest BCUT2D eigenvalue weighted by Crippen LogP contribution is 2.21. The summed E-state index contributed by atoms with van der Waals surface area (Å²) >= 11 is 0. The SMILES string of the molecule is CC(O)(NCC1COCCN1C(=O)c1cc(F)c(F)c(F)c1)c1ccc(C(=N)NC(=O)C(F)(F)F)cc1. The van der Waals surface area contributed by atoms with Crippen molar-refractivity contribution in [1.29, 1.82) is 5.41 Å². The summed E-state index contributed by atoms with van der Waals surface area (Å²) in [5.74, 6) is -8.57. The largest absolute Gasteiger partial charge is 0.471 e. The molecule has 1 aliphatic heterocycles. The fourth-order valence-electron chi connectivity index (χ4n) is 3.57. The lowest BCUT2D eigenvalue weighted by Gasteiger charge is -2.38. The van der Waals surface area contributed by atoms with Crippen molar-refractivity contribution >= 4 is 17.6 Å². The van der Waals surface area contributed by atoms with Gasteiger partial charge in [-0.25, -0.2) is 13.2 Å². The van der Waals surface area contributed by atoms with E-state index in [9.17, 15) is 41.0 Å². The van der Waals surface area contributed by atoms with E-state index in [1.165, 1.54) is 41.4 Å². The van der Waals surface area contributed by atoms with Gasteiger partial charge in [-0.15, -0.1) is 0 Å². The fourth-order valence-corrected chi connectivity index (χ4v) is 3.57. The Balaban J connectivity index is 1.68. The van der Waals surface area contributed by atoms with Crippen LogP contribution in [-0.4, -0.2) is 66.2 Å². The summed E-state index contributed by atoms with van der Waals surface area (Å²) in [6, 6.07) is 5.58. The standard InChI is InChI=1S/C23H22F6N4O4/c1-22(36,14-4-2-12(3-5-14)19(30)32-21(35)23(27,28)29)31-10-15-11-37-7-6-33(15)20(34)13-8-16(24)18(26)17(25)9-13/h2-5,8-9,15,31,36H,6-7,10-11H2,1H3,(H2,30,32,35). The minimum absolute atomic E-state index is 0.0238. The van der Waals surface area contributed by atoms with E-state index in [2.05, 4.69) is 5.32 Å². The second-order valence-corrected chi connectivity index (χ2v) is 8.34. The number of carbonyl (C=O) groups is 2. The molecule has 4 N–H and O–H groups in total. The van der Waals surface area contributed by atoms with Gasteiger partial charge in [-0.05, 0) is 24.6 Å². The van der Waals surface area contributed by atoms with Crippen LogP contribution in [0.15, 0.2) is 36.4 Å². The molecule has 14 heteroatoms. The van der Waals surface area contributed by atoms with E-state index < -0.39 is 58.6 Å². The molecule has 2 atom stereocenters. The first-order valence-electron chi connectivity index (χ1n) is 10.8. The van der Waals surface area contributed by atoms with Crippen molar-refractivity contribution in [2.75, 3.05) is 26.3 Å². The van der Waals surface area contributed by atoms with Crippen molar-refractivity contribution in [3.05, 3.63) is 70.5 Å². The Kier molecular flexibility index (Phi) is 8.25. The van der Waals surface area contributed by atoms with Crippen molar-refractivity contribution < 1.29 is 45.8 Å². The van der Waals surface area contributed by atoms with Crippen LogP contribution in [0.2, 0.25) is 0 Å². The van der Waals surface area contributed by atoms with E-state index in [1.807, 2.05) is 0 Å². The van der Waals surface area contributed by atoms with Gasteiger partial charge in [-0.1, -0.05) is 24.3 Å². The summed E-state index contributed by atoms with van der Waals surface area (Å²) in [4.78, 5) is 25.1. The van der Waals surface area contributed by atoms with Crippen molar-refractivity contribution in [3.8, 4) is 0 Å². The molecule has 37 heavy (non-hydrogen) atoms. The van der Waals surface area contributed by atoms with E-state index in [-0.39, 0.29) is 37.4 Å². The molecular formula is C23H22F6N4O4. The molecule has 0 aliphatic carbocycles. The summed E-state index contributed by atoms with van der Waals surface area (Å²) < 4.78 is 83.0. The smallest absolute Gasteiger partial charge is 0.377 e. The summed E-state index contributed by atoms with van der Waals surface area (Å²) in [5, 5.41) is 22.7. The van der Waals surface area contributed by atoms with Crippen LogP contribution in [0.3, 0.4) is 0 Å². The van der Waals surface area contributed by atoms with Gasteiger partial charge in [0.2, 0.25) is 0 Å². The molecule has 0 bridgehead atoms. The molecule has 0 aromatic heterocycles. The molecule has 1 aliphatic rings. The van der Waals surface area contributed by atoms with E-state index in [4.69, 9.17) is 10.1 Å². The number of ether oxygens (including phenoxy) is 1. The maximum atomic E-state index is 13.6. The number of nitrogens with zero attached hydrogens (tertiary/aromatic N) is 1. The topological polar surface area (TPSA) is 115 Å². The van der Waals surface area contributed by atoms with E-state index in [1.54, 1.807) is 0 Å². The van der Waals surface area contributed by atoms with Gasteiger partial charge < -0.3 is 20.1 Å². The number of hydrogen-bond donors (Lipinski definition) is 4.